The van der Waals surface area contributed by atoms with Crippen molar-refractivity contribution in [3.05, 3.63) is 16.1 Å². The maximum atomic E-state index is 4.51. The Morgan fingerprint density at radius 1 is 1.67 bits per heavy atom. The van der Waals surface area contributed by atoms with Crippen LogP contribution >= 0.6 is 27.3 Å². The number of alkyl halides is 1. The van der Waals surface area contributed by atoms with Crippen LogP contribution in [0.3, 0.4) is 0 Å². The van der Waals surface area contributed by atoms with Gasteiger partial charge in [-0.1, -0.05) is 22.9 Å². The highest BCUT2D eigenvalue weighted by Gasteiger charge is 2.24. The lowest BCUT2D eigenvalue weighted by Crippen LogP contribution is -2.39. The Kier molecular flexibility index (Phi) is 3.80. The fourth-order valence-corrected chi connectivity index (χ4v) is 3.22. The molecule has 0 radical (unpaired) electrons. The van der Waals surface area contributed by atoms with Gasteiger partial charge in [0.2, 0.25) is 0 Å². The Morgan fingerprint density at radius 3 is 3.07 bits per heavy atom. The third kappa shape index (κ3) is 3.02. The highest BCUT2D eigenvalue weighted by Crippen LogP contribution is 2.24. The summed E-state index contributed by atoms with van der Waals surface area (Å²) >= 11 is 5.50. The summed E-state index contributed by atoms with van der Waals surface area (Å²) in [6.07, 6.45) is 1.29. The van der Waals surface area contributed by atoms with Gasteiger partial charge in [-0.2, -0.15) is 0 Å². The molecule has 2 unspecified atom stereocenters. The van der Waals surface area contributed by atoms with E-state index in [0.717, 1.165) is 19.0 Å². The van der Waals surface area contributed by atoms with Gasteiger partial charge in [0, 0.05) is 23.3 Å². The van der Waals surface area contributed by atoms with E-state index in [2.05, 4.69) is 45.0 Å². The summed E-state index contributed by atoms with van der Waals surface area (Å²) in [6.45, 7) is 7.76. The van der Waals surface area contributed by atoms with Crippen molar-refractivity contribution in [1.29, 1.82) is 0 Å². The van der Waals surface area contributed by atoms with E-state index in [1.807, 2.05) is 0 Å². The number of piperidine rings is 1. The van der Waals surface area contributed by atoms with Crippen LogP contribution in [0, 0.1) is 12.8 Å². The van der Waals surface area contributed by atoms with Crippen molar-refractivity contribution < 1.29 is 0 Å². The SMILES string of the molecule is Cc1nc(CN2CCC(C)C(Br)C2)cs1. The summed E-state index contributed by atoms with van der Waals surface area (Å²) in [4.78, 5) is 7.65. The summed E-state index contributed by atoms with van der Waals surface area (Å²) < 4.78 is 0. The largest absolute Gasteiger partial charge is 0.296 e. The van der Waals surface area contributed by atoms with Crippen LogP contribution in [0.15, 0.2) is 5.38 Å². The molecule has 2 nitrogen and oxygen atoms in total. The maximum Gasteiger partial charge on any atom is 0.0897 e. The highest BCUT2D eigenvalue weighted by molar-refractivity contribution is 9.09. The molecule has 4 heteroatoms. The lowest BCUT2D eigenvalue weighted by atomic mass is 9.99. The van der Waals surface area contributed by atoms with Crippen LogP contribution in [0.2, 0.25) is 0 Å². The molecule has 0 bridgehead atoms. The minimum atomic E-state index is 0.644. The average molecular weight is 289 g/mol. The molecular formula is C11H17BrN2S. The summed E-state index contributed by atoms with van der Waals surface area (Å²) in [7, 11) is 0. The van der Waals surface area contributed by atoms with Gasteiger partial charge in [-0.3, -0.25) is 4.90 Å². The van der Waals surface area contributed by atoms with Gasteiger partial charge in [0.1, 0.15) is 0 Å². The molecule has 1 aromatic heterocycles. The van der Waals surface area contributed by atoms with E-state index in [1.54, 1.807) is 11.3 Å². The molecule has 1 aliphatic rings. The fraction of sp³-hybridized carbons (Fsp3) is 0.727. The van der Waals surface area contributed by atoms with Gasteiger partial charge >= 0.3 is 0 Å². The van der Waals surface area contributed by atoms with Crippen LogP contribution in [0.4, 0.5) is 0 Å². The van der Waals surface area contributed by atoms with Gasteiger partial charge in [-0.15, -0.1) is 11.3 Å². The molecule has 1 aromatic rings. The van der Waals surface area contributed by atoms with Crippen molar-refractivity contribution >= 4 is 27.3 Å². The van der Waals surface area contributed by atoms with Crippen LogP contribution in [0.1, 0.15) is 24.0 Å². The van der Waals surface area contributed by atoms with Gasteiger partial charge in [-0.05, 0) is 25.8 Å². The summed E-state index contributed by atoms with van der Waals surface area (Å²) in [5.41, 5.74) is 1.23. The summed E-state index contributed by atoms with van der Waals surface area (Å²) in [5, 5.41) is 3.35. The lowest BCUT2D eigenvalue weighted by molar-refractivity contribution is 0.192. The second kappa shape index (κ2) is 4.93. The van der Waals surface area contributed by atoms with Gasteiger partial charge in [0.15, 0.2) is 0 Å². The zero-order valence-electron chi connectivity index (χ0n) is 9.24. The molecule has 0 amide bonds. The first-order chi connectivity index (χ1) is 7.15. The Hall–Kier alpha value is 0.0700. The smallest absolute Gasteiger partial charge is 0.0897 e. The van der Waals surface area contributed by atoms with Gasteiger partial charge in [-0.25, -0.2) is 4.98 Å². The molecule has 2 atom stereocenters. The molecule has 2 rings (SSSR count). The highest BCUT2D eigenvalue weighted by atomic mass is 79.9. The summed E-state index contributed by atoms with van der Waals surface area (Å²) in [6, 6.07) is 0. The first-order valence-corrected chi connectivity index (χ1v) is 7.22. The topological polar surface area (TPSA) is 16.1 Å². The molecular weight excluding hydrogens is 272 g/mol. The number of rotatable bonds is 2. The van der Waals surface area contributed by atoms with Crippen LogP contribution in [-0.2, 0) is 6.54 Å². The third-order valence-electron chi connectivity index (χ3n) is 3.00. The van der Waals surface area contributed by atoms with E-state index in [1.165, 1.54) is 23.7 Å². The predicted octanol–water partition coefficient (Wildman–Crippen LogP) is 3.06. The standard InChI is InChI=1S/C11H17BrN2S/c1-8-3-4-14(6-11(8)12)5-10-7-15-9(2)13-10/h7-8,11H,3-6H2,1-2H3. The Bertz CT molecular complexity index is 326. The number of thiazole rings is 1. The minimum absolute atomic E-state index is 0.644. The zero-order chi connectivity index (χ0) is 10.8. The Balaban J connectivity index is 1.90. The molecule has 0 N–H and O–H groups in total. The van der Waals surface area contributed by atoms with Crippen LogP contribution in [0.25, 0.3) is 0 Å². The van der Waals surface area contributed by atoms with Crippen LogP contribution < -0.4 is 0 Å². The number of aromatic nitrogens is 1. The number of aryl methyl sites for hydroxylation is 1. The van der Waals surface area contributed by atoms with E-state index < -0.39 is 0 Å². The third-order valence-corrected chi connectivity index (χ3v) is 5.02. The van der Waals surface area contributed by atoms with E-state index in [4.69, 9.17) is 0 Å². The molecule has 84 valence electrons. The monoisotopic (exact) mass is 288 g/mol. The fourth-order valence-electron chi connectivity index (χ4n) is 1.94. The number of hydrogen-bond acceptors (Lipinski definition) is 3. The van der Waals surface area contributed by atoms with Gasteiger partial charge in [0.05, 0.1) is 10.7 Å². The molecule has 0 aromatic carbocycles. The van der Waals surface area contributed by atoms with E-state index in [9.17, 15) is 0 Å². The molecule has 2 heterocycles. The van der Waals surface area contributed by atoms with Crippen molar-refractivity contribution in [2.75, 3.05) is 13.1 Å². The number of likely N-dealkylation sites (tertiary alicyclic amines) is 1. The van der Waals surface area contributed by atoms with Crippen molar-refractivity contribution in [3.8, 4) is 0 Å². The van der Waals surface area contributed by atoms with Crippen LogP contribution in [0.5, 0.6) is 0 Å². The lowest BCUT2D eigenvalue weighted by Gasteiger charge is -2.33. The second-order valence-corrected chi connectivity index (χ2v) is 6.61. The van der Waals surface area contributed by atoms with Crippen molar-refractivity contribution in [2.45, 2.75) is 31.6 Å². The molecule has 0 aliphatic carbocycles. The first-order valence-electron chi connectivity index (χ1n) is 5.42. The quantitative estimate of drug-likeness (QED) is 0.778. The Labute approximate surface area is 104 Å². The van der Waals surface area contributed by atoms with Gasteiger partial charge in [0.25, 0.3) is 0 Å². The van der Waals surface area contributed by atoms with Gasteiger partial charge < -0.3 is 0 Å². The second-order valence-electron chi connectivity index (χ2n) is 4.37. The van der Waals surface area contributed by atoms with Crippen molar-refractivity contribution in [1.82, 2.24) is 9.88 Å². The average Bonchev–Trinajstić information content (AvgIpc) is 2.58. The van der Waals surface area contributed by atoms with Crippen molar-refractivity contribution in [2.24, 2.45) is 5.92 Å². The number of nitrogens with zero attached hydrogens (tertiary/aromatic N) is 2. The van der Waals surface area contributed by atoms with E-state index >= 15 is 0 Å². The summed E-state index contributed by atoms with van der Waals surface area (Å²) in [5.74, 6) is 0.804. The molecule has 0 spiro atoms. The van der Waals surface area contributed by atoms with Crippen LogP contribution in [-0.4, -0.2) is 27.8 Å². The maximum absolute atomic E-state index is 4.51. The number of hydrogen-bond donors (Lipinski definition) is 0. The number of halogens is 1. The molecule has 15 heavy (non-hydrogen) atoms. The zero-order valence-corrected chi connectivity index (χ0v) is 11.6. The van der Waals surface area contributed by atoms with Crippen molar-refractivity contribution in [3.63, 3.8) is 0 Å². The molecule has 1 aliphatic heterocycles. The first kappa shape index (κ1) is 11.6. The predicted molar refractivity (Wildman–Crippen MR) is 68.6 cm³/mol. The molecule has 1 fully saturated rings. The molecule has 1 saturated heterocycles. The normalized spacial score (nSPS) is 28.2. The van der Waals surface area contributed by atoms with E-state index in [0.29, 0.717) is 4.83 Å². The minimum Gasteiger partial charge on any atom is -0.296 e. The molecule has 0 saturated carbocycles. The Morgan fingerprint density at radius 2 is 2.47 bits per heavy atom. The van der Waals surface area contributed by atoms with E-state index in [-0.39, 0.29) is 0 Å².